The van der Waals surface area contributed by atoms with E-state index in [-0.39, 0.29) is 5.91 Å². The quantitative estimate of drug-likeness (QED) is 0.690. The molecule has 0 bridgehead atoms. The van der Waals surface area contributed by atoms with E-state index in [1.807, 2.05) is 37.3 Å². The number of carbonyl (C=O) groups is 1. The highest BCUT2D eigenvalue weighted by atomic mass is 35.5. The number of benzene rings is 2. The van der Waals surface area contributed by atoms with Gasteiger partial charge in [0.05, 0.1) is 0 Å². The summed E-state index contributed by atoms with van der Waals surface area (Å²) < 4.78 is 1.63. The number of thioether (sulfide) groups is 1. The molecule has 128 valence electrons. The summed E-state index contributed by atoms with van der Waals surface area (Å²) in [7, 11) is 1.80. The van der Waals surface area contributed by atoms with Crippen LogP contribution in [0.1, 0.15) is 21.5 Å². The average molecular weight is 374 g/mol. The number of anilines is 1. The molecule has 8 heteroatoms. The summed E-state index contributed by atoms with van der Waals surface area (Å²) in [5.74, 6) is 0.574. The number of aryl methyl sites for hydroxylation is 2. The summed E-state index contributed by atoms with van der Waals surface area (Å²) in [4.78, 5) is 12.3. The third kappa shape index (κ3) is 4.37. The molecule has 2 aromatic carbocycles. The zero-order valence-corrected chi connectivity index (χ0v) is 15.3. The van der Waals surface area contributed by atoms with Crippen LogP contribution in [-0.2, 0) is 12.8 Å². The molecule has 0 radical (unpaired) electrons. The highest BCUT2D eigenvalue weighted by Gasteiger charge is 2.08. The lowest BCUT2D eigenvalue weighted by Crippen LogP contribution is -2.11. The molecular formula is C17H16ClN5OS. The summed E-state index contributed by atoms with van der Waals surface area (Å²) in [5, 5.41) is 15.6. The van der Waals surface area contributed by atoms with E-state index in [1.54, 1.807) is 35.6 Å². The Bertz CT molecular complexity index is 894. The van der Waals surface area contributed by atoms with Crippen LogP contribution < -0.4 is 5.32 Å². The fourth-order valence-electron chi connectivity index (χ4n) is 2.17. The predicted octanol–water partition coefficient (Wildman–Crippen LogP) is 3.72. The fourth-order valence-corrected chi connectivity index (χ4v) is 3.09. The fraction of sp³-hybridized carbons (Fsp3) is 0.176. The number of amides is 1. The summed E-state index contributed by atoms with van der Waals surface area (Å²) in [6.07, 6.45) is 0. The van der Waals surface area contributed by atoms with Gasteiger partial charge >= 0.3 is 0 Å². The number of hydrogen-bond donors (Lipinski definition) is 1. The van der Waals surface area contributed by atoms with Gasteiger partial charge in [-0.3, -0.25) is 4.79 Å². The van der Waals surface area contributed by atoms with Gasteiger partial charge in [0, 0.05) is 29.1 Å². The molecule has 1 heterocycles. The van der Waals surface area contributed by atoms with Crippen LogP contribution in [0.25, 0.3) is 0 Å². The van der Waals surface area contributed by atoms with Gasteiger partial charge < -0.3 is 5.32 Å². The molecule has 0 aliphatic rings. The Hall–Kier alpha value is -2.38. The minimum Gasteiger partial charge on any atom is -0.322 e. The first-order valence-corrected chi connectivity index (χ1v) is 8.91. The molecule has 0 saturated carbocycles. The maximum atomic E-state index is 12.3. The SMILES string of the molecule is Cc1cc(NC(=O)c2ccc(CSc3nnnn3C)cc2)ccc1Cl. The normalized spacial score (nSPS) is 10.7. The Kier molecular flexibility index (Phi) is 5.35. The Morgan fingerprint density at radius 2 is 2.00 bits per heavy atom. The number of nitrogens with one attached hydrogen (secondary N) is 1. The second-order valence-electron chi connectivity index (χ2n) is 5.49. The van der Waals surface area contributed by atoms with Crippen molar-refractivity contribution in [3.63, 3.8) is 0 Å². The van der Waals surface area contributed by atoms with Gasteiger partial charge in [-0.15, -0.1) is 5.10 Å². The van der Waals surface area contributed by atoms with Gasteiger partial charge in [-0.2, -0.15) is 0 Å². The number of rotatable bonds is 5. The number of aromatic nitrogens is 4. The van der Waals surface area contributed by atoms with E-state index in [0.29, 0.717) is 10.6 Å². The lowest BCUT2D eigenvalue weighted by Gasteiger charge is -2.08. The topological polar surface area (TPSA) is 72.7 Å². The molecule has 0 unspecified atom stereocenters. The second kappa shape index (κ2) is 7.67. The number of tetrazole rings is 1. The van der Waals surface area contributed by atoms with Crippen LogP contribution in [0.2, 0.25) is 5.02 Å². The molecule has 0 aliphatic carbocycles. The van der Waals surface area contributed by atoms with Crippen molar-refractivity contribution in [3.8, 4) is 0 Å². The third-order valence-electron chi connectivity index (χ3n) is 3.58. The lowest BCUT2D eigenvalue weighted by atomic mass is 10.1. The molecule has 3 aromatic rings. The van der Waals surface area contributed by atoms with Crippen LogP contribution in [-0.4, -0.2) is 26.1 Å². The minimum absolute atomic E-state index is 0.154. The third-order valence-corrected chi connectivity index (χ3v) is 5.09. The summed E-state index contributed by atoms with van der Waals surface area (Å²) in [6.45, 7) is 1.90. The standard InChI is InChI=1S/C17H16ClN5OS/c1-11-9-14(7-8-15(11)18)19-16(24)13-5-3-12(4-6-13)10-25-17-20-21-22-23(17)2/h3-9H,10H2,1-2H3,(H,19,24). The van der Waals surface area contributed by atoms with Gasteiger partial charge in [0.1, 0.15) is 0 Å². The first-order chi connectivity index (χ1) is 12.0. The van der Waals surface area contributed by atoms with Gasteiger partial charge in [-0.25, -0.2) is 4.68 Å². The lowest BCUT2D eigenvalue weighted by molar-refractivity contribution is 0.102. The Balaban J connectivity index is 1.62. The van der Waals surface area contributed by atoms with Crippen LogP contribution in [0.5, 0.6) is 0 Å². The van der Waals surface area contributed by atoms with Crippen molar-refractivity contribution in [2.24, 2.45) is 7.05 Å². The molecule has 0 spiro atoms. The largest absolute Gasteiger partial charge is 0.322 e. The van der Waals surface area contributed by atoms with Crippen LogP contribution in [0.3, 0.4) is 0 Å². The molecule has 3 rings (SSSR count). The van der Waals surface area contributed by atoms with Gasteiger partial charge in [-0.1, -0.05) is 35.5 Å². The number of carbonyl (C=O) groups excluding carboxylic acids is 1. The van der Waals surface area contributed by atoms with Crippen LogP contribution in [0, 0.1) is 6.92 Å². The molecule has 25 heavy (non-hydrogen) atoms. The summed E-state index contributed by atoms with van der Waals surface area (Å²) in [6, 6.07) is 12.9. The first-order valence-electron chi connectivity index (χ1n) is 7.54. The summed E-state index contributed by atoms with van der Waals surface area (Å²) in [5.41, 5.74) is 3.33. The molecule has 1 amide bonds. The van der Waals surface area contributed by atoms with E-state index in [9.17, 15) is 4.79 Å². The zero-order chi connectivity index (χ0) is 17.8. The van der Waals surface area contributed by atoms with Crippen molar-refractivity contribution in [3.05, 3.63) is 64.2 Å². The molecular weight excluding hydrogens is 358 g/mol. The summed E-state index contributed by atoms with van der Waals surface area (Å²) >= 11 is 7.54. The van der Waals surface area contributed by atoms with Crippen LogP contribution in [0.15, 0.2) is 47.6 Å². The maximum Gasteiger partial charge on any atom is 0.255 e. The molecule has 0 aliphatic heterocycles. The highest BCUT2D eigenvalue weighted by Crippen LogP contribution is 2.21. The van der Waals surface area contributed by atoms with Crippen molar-refractivity contribution in [1.29, 1.82) is 0 Å². The van der Waals surface area contributed by atoms with Crippen molar-refractivity contribution in [1.82, 2.24) is 20.2 Å². The Morgan fingerprint density at radius 1 is 1.24 bits per heavy atom. The molecule has 0 saturated heterocycles. The second-order valence-corrected chi connectivity index (χ2v) is 6.84. The average Bonchev–Trinajstić information content (AvgIpc) is 3.02. The number of halogens is 1. The van der Waals surface area contributed by atoms with E-state index in [2.05, 4.69) is 20.8 Å². The van der Waals surface area contributed by atoms with Crippen LogP contribution in [0.4, 0.5) is 5.69 Å². The van der Waals surface area contributed by atoms with Crippen molar-refractivity contribution >= 4 is 35.0 Å². The van der Waals surface area contributed by atoms with Gasteiger partial charge in [0.2, 0.25) is 5.16 Å². The van der Waals surface area contributed by atoms with E-state index in [4.69, 9.17) is 11.6 Å². The number of nitrogens with zero attached hydrogens (tertiary/aromatic N) is 4. The Labute approximate surface area is 154 Å². The van der Waals surface area contributed by atoms with Gasteiger partial charge in [-0.05, 0) is 58.8 Å². The van der Waals surface area contributed by atoms with E-state index in [0.717, 1.165) is 27.7 Å². The molecule has 1 N–H and O–H groups in total. The highest BCUT2D eigenvalue weighted by molar-refractivity contribution is 7.98. The minimum atomic E-state index is -0.154. The molecule has 6 nitrogen and oxygen atoms in total. The van der Waals surface area contributed by atoms with Crippen LogP contribution >= 0.6 is 23.4 Å². The first kappa shape index (κ1) is 17.4. The number of hydrogen-bond acceptors (Lipinski definition) is 5. The van der Waals surface area contributed by atoms with Gasteiger partial charge in [0.15, 0.2) is 0 Å². The maximum absolute atomic E-state index is 12.3. The molecule has 1 aromatic heterocycles. The monoisotopic (exact) mass is 373 g/mol. The zero-order valence-electron chi connectivity index (χ0n) is 13.7. The predicted molar refractivity (Wildman–Crippen MR) is 98.9 cm³/mol. The Morgan fingerprint density at radius 3 is 2.64 bits per heavy atom. The van der Waals surface area contributed by atoms with E-state index < -0.39 is 0 Å². The van der Waals surface area contributed by atoms with E-state index in [1.165, 1.54) is 0 Å². The smallest absolute Gasteiger partial charge is 0.255 e. The van der Waals surface area contributed by atoms with Gasteiger partial charge in [0.25, 0.3) is 5.91 Å². The molecule has 0 fully saturated rings. The van der Waals surface area contributed by atoms with Crippen molar-refractivity contribution in [2.45, 2.75) is 17.8 Å². The molecule has 0 atom stereocenters. The van der Waals surface area contributed by atoms with Crippen molar-refractivity contribution < 1.29 is 4.79 Å². The van der Waals surface area contributed by atoms with Crippen molar-refractivity contribution in [2.75, 3.05) is 5.32 Å². The van der Waals surface area contributed by atoms with E-state index >= 15 is 0 Å².